The molecule has 0 fully saturated rings. The minimum absolute atomic E-state index is 0. The molecule has 2 rings (SSSR count). The number of likely N-dealkylation sites (N-methyl/N-ethyl adjacent to an activating group) is 1. The lowest BCUT2D eigenvalue weighted by molar-refractivity contribution is 0.471. The highest BCUT2D eigenvalue weighted by Crippen LogP contribution is 2.21. The van der Waals surface area contributed by atoms with Crippen molar-refractivity contribution in [1.82, 2.24) is 14.9 Å². The van der Waals surface area contributed by atoms with Crippen LogP contribution in [0.15, 0.2) is 49.8 Å². The molecule has 0 saturated heterocycles. The molecule has 0 aliphatic rings. The van der Waals surface area contributed by atoms with Crippen molar-refractivity contribution < 1.29 is 8.42 Å². The van der Waals surface area contributed by atoms with Gasteiger partial charge in [0.05, 0.1) is 0 Å². The Morgan fingerprint density at radius 3 is 2.64 bits per heavy atom. The second-order valence-corrected chi connectivity index (χ2v) is 9.99. The number of guanidine groups is 1. The molecule has 0 radical (unpaired) electrons. The Kier molecular flexibility index (Phi) is 10.8. The number of thioether (sulfide) groups is 1. The Hall–Kier alpha value is -0.820. The van der Waals surface area contributed by atoms with Crippen molar-refractivity contribution >= 4 is 63.1 Å². The molecule has 0 bridgehead atoms. The predicted molar refractivity (Wildman–Crippen MR) is 131 cm³/mol. The molecule has 0 aliphatic heterocycles. The lowest BCUT2D eigenvalue weighted by Crippen LogP contribution is -2.41. The summed E-state index contributed by atoms with van der Waals surface area (Å²) in [6, 6.07) is 9.74. The molecule has 0 aliphatic carbocycles. The molecule has 1 heterocycles. The summed E-state index contributed by atoms with van der Waals surface area (Å²) < 4.78 is 26.5. The molecule has 6 nitrogen and oxygen atoms in total. The van der Waals surface area contributed by atoms with E-state index in [1.165, 1.54) is 31.7 Å². The fraction of sp³-hybridized carbons (Fsp3) is 0.389. The molecule has 1 aromatic carbocycles. The monoisotopic (exact) mass is 554 g/mol. The average Bonchev–Trinajstić information content (AvgIpc) is 3.20. The first-order valence-corrected chi connectivity index (χ1v) is 12.0. The summed E-state index contributed by atoms with van der Waals surface area (Å²) in [6.07, 6.45) is 2.06. The van der Waals surface area contributed by atoms with Crippen LogP contribution in [0.25, 0.3) is 0 Å². The maximum absolute atomic E-state index is 12.4. The van der Waals surface area contributed by atoms with Crippen LogP contribution in [0.4, 0.5) is 0 Å². The smallest absolute Gasteiger partial charge is 0.252 e. The summed E-state index contributed by atoms with van der Waals surface area (Å²) in [4.78, 5) is 5.44. The summed E-state index contributed by atoms with van der Waals surface area (Å²) in [7, 11) is -0.132. The Bertz CT molecular complexity index is 871. The molecule has 0 saturated carbocycles. The zero-order valence-corrected chi connectivity index (χ0v) is 21.2. The highest BCUT2D eigenvalue weighted by Gasteiger charge is 2.21. The third-order valence-electron chi connectivity index (χ3n) is 3.99. The van der Waals surface area contributed by atoms with E-state index in [1.54, 1.807) is 43.4 Å². The maximum Gasteiger partial charge on any atom is 0.252 e. The molecule has 1 aromatic heterocycles. The molecular formula is C18H27IN4O2S3. The fourth-order valence-corrected chi connectivity index (χ4v) is 5.49. The minimum atomic E-state index is -3.42. The Morgan fingerprint density at radius 1 is 1.29 bits per heavy atom. The fourth-order valence-electron chi connectivity index (χ4n) is 2.41. The number of nitrogens with zero attached hydrogens (tertiary/aromatic N) is 2. The Balaban J connectivity index is 0.00000392. The molecular weight excluding hydrogens is 527 g/mol. The second kappa shape index (κ2) is 12.0. The number of aliphatic imine (C=N–C) groups is 1. The van der Waals surface area contributed by atoms with Crippen LogP contribution in [0.5, 0.6) is 0 Å². The summed E-state index contributed by atoms with van der Waals surface area (Å²) in [5.74, 6) is 0.643. The predicted octanol–water partition coefficient (Wildman–Crippen LogP) is 3.38. The van der Waals surface area contributed by atoms with Crippen LogP contribution >= 0.6 is 47.1 Å². The van der Waals surface area contributed by atoms with E-state index in [2.05, 4.69) is 47.0 Å². The second-order valence-electron chi connectivity index (χ2n) is 5.93. The van der Waals surface area contributed by atoms with Crippen LogP contribution in [-0.4, -0.2) is 52.1 Å². The van der Waals surface area contributed by atoms with Crippen molar-refractivity contribution in [2.45, 2.75) is 22.6 Å². The molecule has 0 amide bonds. The van der Waals surface area contributed by atoms with Gasteiger partial charge in [-0.1, -0.05) is 18.2 Å². The van der Waals surface area contributed by atoms with E-state index in [4.69, 9.17) is 0 Å². The molecule has 156 valence electrons. The molecule has 2 aromatic rings. The molecule has 28 heavy (non-hydrogen) atoms. The van der Waals surface area contributed by atoms with Crippen molar-refractivity contribution in [2.24, 2.45) is 4.99 Å². The van der Waals surface area contributed by atoms with E-state index in [0.717, 1.165) is 0 Å². The molecule has 0 unspecified atom stereocenters. The first-order valence-electron chi connectivity index (χ1n) is 8.46. The number of nitrogens with one attached hydrogen (secondary N) is 2. The van der Waals surface area contributed by atoms with Gasteiger partial charge < -0.3 is 10.6 Å². The number of rotatable bonds is 8. The van der Waals surface area contributed by atoms with E-state index >= 15 is 0 Å². The van der Waals surface area contributed by atoms with Crippen molar-refractivity contribution in [1.29, 1.82) is 0 Å². The van der Waals surface area contributed by atoms with E-state index in [1.807, 2.05) is 0 Å². The van der Waals surface area contributed by atoms with E-state index in [9.17, 15) is 8.42 Å². The van der Waals surface area contributed by atoms with Gasteiger partial charge in [0.2, 0.25) is 0 Å². The SMILES string of the molecule is CN=C(NCCN(C)S(=O)(=O)c1cccs1)NCc1ccc(C)cc1SC.I. The summed E-state index contributed by atoms with van der Waals surface area (Å²) >= 11 is 2.94. The van der Waals surface area contributed by atoms with Crippen LogP contribution in [0.3, 0.4) is 0 Å². The van der Waals surface area contributed by atoms with E-state index in [-0.39, 0.29) is 24.0 Å². The minimum Gasteiger partial charge on any atom is -0.355 e. The van der Waals surface area contributed by atoms with E-state index < -0.39 is 10.0 Å². The lowest BCUT2D eigenvalue weighted by Gasteiger charge is -2.18. The Morgan fingerprint density at radius 2 is 2.04 bits per heavy atom. The van der Waals surface area contributed by atoms with Crippen LogP contribution in [0.2, 0.25) is 0 Å². The highest BCUT2D eigenvalue weighted by atomic mass is 127. The van der Waals surface area contributed by atoms with Gasteiger partial charge in [0.25, 0.3) is 10.0 Å². The van der Waals surface area contributed by atoms with Gasteiger partial charge in [-0.05, 0) is 41.8 Å². The first-order chi connectivity index (χ1) is 12.9. The standard InChI is InChI=1S/C18H26N4O2S3.HI/c1-14-7-8-15(16(12-14)25-4)13-21-18(19-2)20-9-10-22(3)27(23,24)17-6-5-11-26-17;/h5-8,11-12H,9-10,13H2,1-4H3,(H2,19,20,21);1H. The Labute approximate surface area is 193 Å². The van der Waals surface area contributed by atoms with Gasteiger partial charge in [-0.3, -0.25) is 4.99 Å². The number of aryl methyl sites for hydroxylation is 1. The number of hydrogen-bond acceptors (Lipinski definition) is 5. The van der Waals surface area contributed by atoms with Gasteiger partial charge in [0, 0.05) is 38.6 Å². The molecule has 0 atom stereocenters. The van der Waals surface area contributed by atoms with Crippen LogP contribution in [0, 0.1) is 6.92 Å². The van der Waals surface area contributed by atoms with Crippen molar-refractivity contribution in [3.05, 3.63) is 46.8 Å². The summed E-state index contributed by atoms with van der Waals surface area (Å²) in [6.45, 7) is 3.54. The van der Waals surface area contributed by atoms with Crippen molar-refractivity contribution in [3.63, 3.8) is 0 Å². The highest BCUT2D eigenvalue weighted by molar-refractivity contribution is 14.0. The van der Waals surface area contributed by atoms with Gasteiger partial charge in [-0.15, -0.1) is 47.1 Å². The van der Waals surface area contributed by atoms with Gasteiger partial charge in [-0.25, -0.2) is 8.42 Å². The normalized spacial score (nSPS) is 12.0. The topological polar surface area (TPSA) is 73.8 Å². The van der Waals surface area contributed by atoms with Gasteiger partial charge in [0.1, 0.15) is 4.21 Å². The number of halogens is 1. The number of thiophene rings is 1. The zero-order valence-electron chi connectivity index (χ0n) is 16.4. The number of sulfonamides is 1. The van der Waals surface area contributed by atoms with Crippen LogP contribution in [0.1, 0.15) is 11.1 Å². The molecule has 2 N–H and O–H groups in total. The van der Waals surface area contributed by atoms with Gasteiger partial charge in [-0.2, -0.15) is 4.31 Å². The molecule has 10 heteroatoms. The van der Waals surface area contributed by atoms with Gasteiger partial charge in [0.15, 0.2) is 5.96 Å². The maximum atomic E-state index is 12.4. The van der Waals surface area contributed by atoms with Crippen LogP contribution < -0.4 is 10.6 Å². The third-order valence-corrected chi connectivity index (χ3v) is 8.04. The van der Waals surface area contributed by atoms with Crippen molar-refractivity contribution in [2.75, 3.05) is 33.4 Å². The number of benzene rings is 1. The average molecular weight is 555 g/mol. The third kappa shape index (κ3) is 6.90. The number of hydrogen-bond donors (Lipinski definition) is 2. The van der Waals surface area contributed by atoms with Crippen LogP contribution in [-0.2, 0) is 16.6 Å². The van der Waals surface area contributed by atoms with Crippen molar-refractivity contribution in [3.8, 4) is 0 Å². The summed E-state index contributed by atoms with van der Waals surface area (Å²) in [5, 5.41) is 8.21. The largest absolute Gasteiger partial charge is 0.355 e. The quantitative estimate of drug-likeness (QED) is 0.227. The van der Waals surface area contributed by atoms with Gasteiger partial charge >= 0.3 is 0 Å². The van der Waals surface area contributed by atoms with E-state index in [0.29, 0.717) is 29.8 Å². The summed E-state index contributed by atoms with van der Waals surface area (Å²) in [5.41, 5.74) is 2.44. The molecule has 0 spiro atoms. The first kappa shape index (κ1) is 25.2. The zero-order chi connectivity index (χ0) is 19.9. The lowest BCUT2D eigenvalue weighted by atomic mass is 10.1.